The Bertz CT molecular complexity index is 275. The maximum atomic E-state index is 11.4. The van der Waals surface area contributed by atoms with Crippen molar-refractivity contribution < 1.29 is 19.4 Å². The Balaban J connectivity index is 2.16. The second-order valence-electron chi connectivity index (χ2n) is 4.68. The van der Waals surface area contributed by atoms with Crippen LogP contribution in [0.1, 0.15) is 26.2 Å². The van der Waals surface area contributed by atoms with Gasteiger partial charge in [-0.15, -0.1) is 0 Å². The van der Waals surface area contributed by atoms with Crippen LogP contribution in [-0.2, 0) is 9.53 Å². The Hall–Kier alpha value is -1.30. The summed E-state index contributed by atoms with van der Waals surface area (Å²) in [4.78, 5) is 21.6. The van der Waals surface area contributed by atoms with Crippen LogP contribution in [0.2, 0.25) is 0 Å². The van der Waals surface area contributed by atoms with E-state index in [9.17, 15) is 9.59 Å². The molecule has 1 fully saturated rings. The summed E-state index contributed by atoms with van der Waals surface area (Å²) in [5.74, 6) is -0.915. The molecule has 6 nitrogen and oxygen atoms in total. The van der Waals surface area contributed by atoms with Crippen molar-refractivity contribution >= 4 is 12.0 Å². The molecule has 1 saturated heterocycles. The zero-order chi connectivity index (χ0) is 12.7. The van der Waals surface area contributed by atoms with E-state index in [2.05, 4.69) is 17.6 Å². The van der Waals surface area contributed by atoms with Gasteiger partial charge in [-0.3, -0.25) is 4.79 Å². The van der Waals surface area contributed by atoms with Crippen molar-refractivity contribution in [2.24, 2.45) is 5.41 Å². The molecule has 1 heterocycles. The molecule has 98 valence electrons. The molecule has 0 spiro atoms. The van der Waals surface area contributed by atoms with Crippen molar-refractivity contribution in [1.82, 2.24) is 10.6 Å². The van der Waals surface area contributed by atoms with E-state index >= 15 is 0 Å². The molecule has 6 heteroatoms. The standard InChI is InChI=1S/C11H20N2O4/c1-11(3-6-17-7-4-11)8-13-10(16)12-5-2-9(14)15/h2-8H2,1H3,(H,14,15)(H2,12,13,16). The molecule has 2 amide bonds. The Morgan fingerprint density at radius 2 is 1.94 bits per heavy atom. The third-order valence-corrected chi connectivity index (χ3v) is 3.00. The third kappa shape index (κ3) is 5.53. The minimum Gasteiger partial charge on any atom is -0.481 e. The quantitative estimate of drug-likeness (QED) is 0.660. The van der Waals surface area contributed by atoms with Gasteiger partial charge in [0.25, 0.3) is 0 Å². The number of ether oxygens (including phenoxy) is 1. The topological polar surface area (TPSA) is 87.7 Å². The van der Waals surface area contributed by atoms with Gasteiger partial charge in [0.1, 0.15) is 0 Å². The van der Waals surface area contributed by atoms with Crippen LogP contribution >= 0.6 is 0 Å². The van der Waals surface area contributed by atoms with Crippen LogP contribution < -0.4 is 10.6 Å². The van der Waals surface area contributed by atoms with Crippen molar-refractivity contribution in [2.45, 2.75) is 26.2 Å². The molecule has 3 N–H and O–H groups in total. The Morgan fingerprint density at radius 3 is 2.53 bits per heavy atom. The van der Waals surface area contributed by atoms with Gasteiger partial charge in [-0.25, -0.2) is 4.79 Å². The lowest BCUT2D eigenvalue weighted by atomic mass is 9.82. The van der Waals surface area contributed by atoms with Crippen LogP contribution in [0.25, 0.3) is 0 Å². The van der Waals surface area contributed by atoms with E-state index in [0.717, 1.165) is 26.1 Å². The second kappa shape index (κ2) is 6.44. The van der Waals surface area contributed by atoms with Gasteiger partial charge >= 0.3 is 12.0 Å². The van der Waals surface area contributed by atoms with Crippen molar-refractivity contribution in [2.75, 3.05) is 26.3 Å². The summed E-state index contributed by atoms with van der Waals surface area (Å²) < 4.78 is 5.27. The van der Waals surface area contributed by atoms with Crippen molar-refractivity contribution in [3.63, 3.8) is 0 Å². The fraction of sp³-hybridized carbons (Fsp3) is 0.818. The number of aliphatic carboxylic acids is 1. The van der Waals surface area contributed by atoms with Gasteiger partial charge in [-0.05, 0) is 18.3 Å². The number of carboxylic acids is 1. The average Bonchev–Trinajstić information content (AvgIpc) is 2.27. The molecule has 0 saturated carbocycles. The summed E-state index contributed by atoms with van der Waals surface area (Å²) in [5.41, 5.74) is 0.0857. The van der Waals surface area contributed by atoms with Crippen LogP contribution in [-0.4, -0.2) is 43.4 Å². The van der Waals surface area contributed by atoms with Crippen molar-refractivity contribution in [3.8, 4) is 0 Å². The van der Waals surface area contributed by atoms with E-state index in [-0.39, 0.29) is 24.4 Å². The minimum absolute atomic E-state index is 0.0570. The first-order chi connectivity index (χ1) is 8.02. The Morgan fingerprint density at radius 1 is 1.29 bits per heavy atom. The highest BCUT2D eigenvalue weighted by Gasteiger charge is 2.27. The molecule has 1 aliphatic heterocycles. The summed E-state index contributed by atoms with van der Waals surface area (Å²) in [6, 6.07) is -0.307. The number of carbonyl (C=O) groups is 2. The van der Waals surface area contributed by atoms with Gasteiger partial charge in [0, 0.05) is 26.3 Å². The summed E-state index contributed by atoms with van der Waals surface area (Å²) in [7, 11) is 0. The highest BCUT2D eigenvalue weighted by atomic mass is 16.5. The first-order valence-corrected chi connectivity index (χ1v) is 5.83. The molecule has 17 heavy (non-hydrogen) atoms. The fourth-order valence-corrected chi connectivity index (χ4v) is 1.68. The molecule has 0 radical (unpaired) electrons. The van der Waals surface area contributed by atoms with E-state index in [4.69, 9.17) is 9.84 Å². The predicted molar refractivity (Wildman–Crippen MR) is 61.8 cm³/mol. The van der Waals surface area contributed by atoms with E-state index in [1.807, 2.05) is 0 Å². The summed E-state index contributed by atoms with van der Waals surface area (Å²) in [6.45, 7) is 4.33. The number of urea groups is 1. The van der Waals surface area contributed by atoms with Crippen molar-refractivity contribution in [3.05, 3.63) is 0 Å². The van der Waals surface area contributed by atoms with Gasteiger partial charge in [-0.2, -0.15) is 0 Å². The highest BCUT2D eigenvalue weighted by Crippen LogP contribution is 2.28. The summed E-state index contributed by atoms with van der Waals surface area (Å²) >= 11 is 0. The monoisotopic (exact) mass is 244 g/mol. The Labute approximate surface area is 101 Å². The molecule has 0 atom stereocenters. The predicted octanol–water partition coefficient (Wildman–Crippen LogP) is 0.577. The molecule has 1 aliphatic rings. The third-order valence-electron chi connectivity index (χ3n) is 3.00. The summed E-state index contributed by atoms with van der Waals surface area (Å²) in [5, 5.41) is 13.7. The largest absolute Gasteiger partial charge is 0.481 e. The van der Waals surface area contributed by atoms with Gasteiger partial charge in [0.2, 0.25) is 0 Å². The van der Waals surface area contributed by atoms with Gasteiger partial charge in [-0.1, -0.05) is 6.92 Å². The first kappa shape index (κ1) is 13.8. The minimum atomic E-state index is -0.915. The number of hydrogen-bond donors (Lipinski definition) is 3. The van der Waals surface area contributed by atoms with Gasteiger partial charge in [0.15, 0.2) is 0 Å². The maximum Gasteiger partial charge on any atom is 0.314 e. The van der Waals surface area contributed by atoms with Crippen LogP contribution in [0, 0.1) is 5.41 Å². The van der Waals surface area contributed by atoms with E-state index in [0.29, 0.717) is 6.54 Å². The smallest absolute Gasteiger partial charge is 0.314 e. The van der Waals surface area contributed by atoms with E-state index in [1.54, 1.807) is 0 Å². The normalized spacial score (nSPS) is 18.4. The molecule has 0 aromatic rings. The zero-order valence-corrected chi connectivity index (χ0v) is 10.1. The van der Waals surface area contributed by atoms with Crippen LogP contribution in [0.4, 0.5) is 4.79 Å². The zero-order valence-electron chi connectivity index (χ0n) is 10.1. The number of nitrogens with one attached hydrogen (secondary N) is 2. The molecule has 0 aromatic carbocycles. The first-order valence-electron chi connectivity index (χ1n) is 5.83. The highest BCUT2D eigenvalue weighted by molar-refractivity contribution is 5.74. The molecular formula is C11H20N2O4. The molecule has 0 bridgehead atoms. The fourth-order valence-electron chi connectivity index (χ4n) is 1.68. The summed E-state index contributed by atoms with van der Waals surface area (Å²) in [6.07, 6.45) is 1.81. The molecular weight excluding hydrogens is 224 g/mol. The number of hydrogen-bond acceptors (Lipinski definition) is 3. The number of carboxylic acid groups (broad SMARTS) is 1. The maximum absolute atomic E-state index is 11.4. The van der Waals surface area contributed by atoms with E-state index in [1.165, 1.54) is 0 Å². The average molecular weight is 244 g/mol. The second-order valence-corrected chi connectivity index (χ2v) is 4.68. The van der Waals surface area contributed by atoms with Crippen LogP contribution in [0.5, 0.6) is 0 Å². The Kier molecular flexibility index (Phi) is 5.21. The number of carbonyl (C=O) groups excluding carboxylic acids is 1. The molecule has 1 rings (SSSR count). The van der Waals surface area contributed by atoms with Gasteiger partial charge < -0.3 is 20.5 Å². The number of rotatable bonds is 5. The van der Waals surface area contributed by atoms with Crippen molar-refractivity contribution in [1.29, 1.82) is 0 Å². The SMILES string of the molecule is CC1(CNC(=O)NCCC(=O)O)CCOCC1. The van der Waals surface area contributed by atoms with Gasteiger partial charge in [0.05, 0.1) is 6.42 Å². The van der Waals surface area contributed by atoms with E-state index < -0.39 is 5.97 Å². The van der Waals surface area contributed by atoms with Crippen LogP contribution in [0.3, 0.4) is 0 Å². The molecule has 0 aliphatic carbocycles. The number of amides is 2. The van der Waals surface area contributed by atoms with Crippen LogP contribution in [0.15, 0.2) is 0 Å². The lowest BCUT2D eigenvalue weighted by Crippen LogP contribution is -2.44. The molecule has 0 aromatic heterocycles. The molecule has 0 unspecified atom stereocenters. The lowest BCUT2D eigenvalue weighted by Gasteiger charge is -2.33. The lowest BCUT2D eigenvalue weighted by molar-refractivity contribution is -0.136.